The van der Waals surface area contributed by atoms with E-state index in [2.05, 4.69) is 10.5 Å². The van der Waals surface area contributed by atoms with Crippen LogP contribution in [0.25, 0.3) is 0 Å². The van der Waals surface area contributed by atoms with Crippen molar-refractivity contribution in [2.45, 2.75) is 39.0 Å². The largest absolute Gasteiger partial charge is 0.365 e. The first-order chi connectivity index (χ1) is 10.6. The van der Waals surface area contributed by atoms with E-state index >= 15 is 0 Å². The van der Waals surface area contributed by atoms with Crippen LogP contribution in [0.1, 0.15) is 56.8 Å². The topological polar surface area (TPSA) is 98.2 Å². The number of primary amides is 1. The summed E-state index contributed by atoms with van der Waals surface area (Å²) in [7, 11) is 0. The molecule has 0 fully saturated rings. The fraction of sp³-hybridized carbons (Fsp3) is 0.400. The van der Waals surface area contributed by atoms with Crippen LogP contribution in [0.15, 0.2) is 10.6 Å². The van der Waals surface area contributed by atoms with Gasteiger partial charge in [-0.05, 0) is 31.2 Å². The Morgan fingerprint density at radius 2 is 2.18 bits per heavy atom. The molecule has 6 nitrogen and oxygen atoms in total. The molecular weight excluding hydrogens is 302 g/mol. The first-order valence-electron chi connectivity index (χ1n) is 7.31. The fourth-order valence-corrected chi connectivity index (χ4v) is 3.96. The highest BCUT2D eigenvalue weighted by atomic mass is 32.1. The van der Waals surface area contributed by atoms with Crippen LogP contribution in [0.5, 0.6) is 0 Å². The van der Waals surface area contributed by atoms with Gasteiger partial charge < -0.3 is 15.6 Å². The van der Waals surface area contributed by atoms with Gasteiger partial charge in [-0.3, -0.25) is 9.59 Å². The number of anilines is 1. The molecule has 1 aliphatic rings. The van der Waals surface area contributed by atoms with E-state index in [1.165, 1.54) is 11.3 Å². The summed E-state index contributed by atoms with van der Waals surface area (Å²) in [5.74, 6) is -0.237. The van der Waals surface area contributed by atoms with Crippen molar-refractivity contribution in [3.8, 4) is 0 Å². The number of carbonyl (C=O) groups is 2. The summed E-state index contributed by atoms with van der Waals surface area (Å²) in [5, 5.41) is 7.02. The highest BCUT2D eigenvalue weighted by Gasteiger charge is 2.25. The van der Waals surface area contributed by atoms with Crippen molar-refractivity contribution in [2.75, 3.05) is 5.32 Å². The molecule has 0 bridgehead atoms. The average Bonchev–Trinajstić information content (AvgIpc) is 3.10. The number of aryl methyl sites for hydroxylation is 2. The van der Waals surface area contributed by atoms with E-state index in [-0.39, 0.29) is 11.6 Å². The lowest BCUT2D eigenvalue weighted by Crippen LogP contribution is -2.18. The van der Waals surface area contributed by atoms with Gasteiger partial charge in [-0.1, -0.05) is 12.1 Å². The monoisotopic (exact) mass is 319 g/mol. The van der Waals surface area contributed by atoms with Gasteiger partial charge >= 0.3 is 0 Å². The van der Waals surface area contributed by atoms with Crippen LogP contribution in [-0.4, -0.2) is 17.0 Å². The molecule has 2 aromatic rings. The van der Waals surface area contributed by atoms with E-state index in [0.29, 0.717) is 22.7 Å². The van der Waals surface area contributed by atoms with Gasteiger partial charge in [-0.2, -0.15) is 0 Å². The van der Waals surface area contributed by atoms with Gasteiger partial charge in [0.1, 0.15) is 10.8 Å². The van der Waals surface area contributed by atoms with E-state index in [9.17, 15) is 9.59 Å². The Labute approximate surface area is 131 Å². The molecule has 0 unspecified atom stereocenters. The van der Waals surface area contributed by atoms with Gasteiger partial charge in [0.15, 0.2) is 5.69 Å². The third-order valence-corrected chi connectivity index (χ3v) is 4.99. The summed E-state index contributed by atoms with van der Waals surface area (Å²) in [6.07, 6.45) is 4.58. The van der Waals surface area contributed by atoms with Crippen molar-refractivity contribution in [2.24, 2.45) is 5.73 Å². The number of amides is 2. The van der Waals surface area contributed by atoms with Crippen LogP contribution < -0.4 is 11.1 Å². The summed E-state index contributed by atoms with van der Waals surface area (Å²) in [6, 6.07) is 1.60. The Balaban J connectivity index is 1.90. The number of nitrogens with zero attached hydrogens (tertiary/aromatic N) is 1. The first kappa shape index (κ1) is 14.8. The van der Waals surface area contributed by atoms with Crippen LogP contribution in [-0.2, 0) is 19.3 Å². The molecule has 3 N–H and O–H groups in total. The Bertz CT molecular complexity index is 732. The molecule has 116 valence electrons. The molecule has 0 saturated heterocycles. The number of hydrogen-bond acceptors (Lipinski definition) is 5. The molecule has 0 aliphatic heterocycles. The third-order valence-electron chi connectivity index (χ3n) is 3.78. The minimum Gasteiger partial charge on any atom is -0.365 e. The van der Waals surface area contributed by atoms with Crippen molar-refractivity contribution in [1.82, 2.24) is 5.16 Å². The normalized spacial score (nSPS) is 13.7. The predicted molar refractivity (Wildman–Crippen MR) is 83.3 cm³/mol. The molecule has 7 heteroatoms. The van der Waals surface area contributed by atoms with Crippen molar-refractivity contribution in [3.63, 3.8) is 0 Å². The minimum atomic E-state index is -0.496. The zero-order valence-corrected chi connectivity index (χ0v) is 13.1. The van der Waals surface area contributed by atoms with Crippen LogP contribution in [0.4, 0.5) is 5.00 Å². The number of hydrogen-bond donors (Lipinski definition) is 2. The Morgan fingerprint density at radius 1 is 1.41 bits per heavy atom. The van der Waals surface area contributed by atoms with Gasteiger partial charge in [0.05, 0.1) is 5.56 Å². The molecule has 0 saturated carbocycles. The van der Waals surface area contributed by atoms with Crippen molar-refractivity contribution in [3.05, 3.63) is 33.5 Å². The molecule has 22 heavy (non-hydrogen) atoms. The Kier molecular flexibility index (Phi) is 3.98. The van der Waals surface area contributed by atoms with Crippen molar-refractivity contribution in [1.29, 1.82) is 0 Å². The number of nitrogens with one attached hydrogen (secondary N) is 1. The summed E-state index contributed by atoms with van der Waals surface area (Å²) in [4.78, 5) is 25.2. The molecule has 0 radical (unpaired) electrons. The molecule has 2 aromatic heterocycles. The number of thiophene rings is 1. The smallest absolute Gasteiger partial charge is 0.278 e. The highest BCUT2D eigenvalue weighted by molar-refractivity contribution is 7.17. The van der Waals surface area contributed by atoms with E-state index in [1.54, 1.807) is 6.07 Å². The molecule has 3 rings (SSSR count). The molecule has 2 heterocycles. The van der Waals surface area contributed by atoms with E-state index in [0.717, 1.165) is 36.1 Å². The minimum absolute atomic E-state index is 0.207. The van der Waals surface area contributed by atoms with Crippen molar-refractivity contribution >= 4 is 28.2 Å². The van der Waals surface area contributed by atoms with E-state index in [4.69, 9.17) is 10.3 Å². The lowest BCUT2D eigenvalue weighted by molar-refractivity contribution is 0.100. The molecule has 0 atom stereocenters. The number of rotatable bonds is 4. The molecule has 2 amide bonds. The maximum atomic E-state index is 12.3. The lowest BCUT2D eigenvalue weighted by Gasteiger charge is -2.11. The maximum absolute atomic E-state index is 12.3. The van der Waals surface area contributed by atoms with Gasteiger partial charge in [-0.15, -0.1) is 11.3 Å². The fourth-order valence-electron chi connectivity index (χ4n) is 2.67. The third kappa shape index (κ3) is 2.64. The van der Waals surface area contributed by atoms with Gasteiger partial charge in [0.2, 0.25) is 0 Å². The number of aromatic nitrogens is 1. The lowest BCUT2D eigenvalue weighted by atomic mass is 9.95. The maximum Gasteiger partial charge on any atom is 0.278 e. The number of fused-ring (bicyclic) bond motifs is 1. The highest BCUT2D eigenvalue weighted by Crippen LogP contribution is 2.38. The first-order valence-corrected chi connectivity index (χ1v) is 8.13. The van der Waals surface area contributed by atoms with Crippen LogP contribution >= 0.6 is 11.3 Å². The summed E-state index contributed by atoms with van der Waals surface area (Å²) in [6.45, 7) is 1.92. The zero-order valence-electron chi connectivity index (χ0n) is 12.3. The molecule has 1 aliphatic carbocycles. The average molecular weight is 319 g/mol. The van der Waals surface area contributed by atoms with Gasteiger partial charge in [-0.25, -0.2) is 0 Å². The van der Waals surface area contributed by atoms with Crippen LogP contribution in [0.2, 0.25) is 0 Å². The number of nitrogens with two attached hydrogens (primary N) is 1. The summed E-state index contributed by atoms with van der Waals surface area (Å²) in [5.41, 5.74) is 7.16. The van der Waals surface area contributed by atoms with Gasteiger partial charge in [0.25, 0.3) is 11.8 Å². The second-order valence-electron chi connectivity index (χ2n) is 5.27. The van der Waals surface area contributed by atoms with Crippen LogP contribution in [0, 0.1) is 0 Å². The second kappa shape index (κ2) is 5.92. The summed E-state index contributed by atoms with van der Waals surface area (Å²) >= 11 is 1.43. The quantitative estimate of drug-likeness (QED) is 0.904. The Morgan fingerprint density at radius 3 is 2.86 bits per heavy atom. The summed E-state index contributed by atoms with van der Waals surface area (Å²) < 4.78 is 5.03. The SMILES string of the molecule is CCc1cc(C(=O)Nc2sc3c(c2C(N)=O)CCCC3)no1. The van der Waals surface area contributed by atoms with Crippen LogP contribution in [0.3, 0.4) is 0 Å². The van der Waals surface area contributed by atoms with E-state index < -0.39 is 5.91 Å². The van der Waals surface area contributed by atoms with Gasteiger partial charge in [0, 0.05) is 17.4 Å². The molecule has 0 spiro atoms. The predicted octanol–water partition coefficient (Wildman–Crippen LogP) is 2.53. The van der Waals surface area contributed by atoms with E-state index in [1.807, 2.05) is 6.92 Å². The standard InChI is InChI=1S/C15H17N3O3S/c1-2-8-7-10(18-21-8)14(20)17-15-12(13(16)19)9-5-3-4-6-11(9)22-15/h7H,2-6H2,1H3,(H2,16,19)(H,17,20). The molecule has 0 aromatic carbocycles. The Hall–Kier alpha value is -2.15. The van der Waals surface area contributed by atoms with Crippen molar-refractivity contribution < 1.29 is 14.1 Å². The zero-order chi connectivity index (χ0) is 15.7. The second-order valence-corrected chi connectivity index (χ2v) is 6.37. The number of carbonyl (C=O) groups excluding carboxylic acids is 2. The molecular formula is C15H17N3O3S.